The summed E-state index contributed by atoms with van der Waals surface area (Å²) in [5, 5.41) is 17.3. The highest BCUT2D eigenvalue weighted by Gasteiger charge is 2.13. The molecule has 0 saturated heterocycles. The van der Waals surface area contributed by atoms with Gasteiger partial charge >= 0.3 is 5.97 Å². The molecule has 3 N–H and O–H groups in total. The molecule has 13 heavy (non-hydrogen) atoms. The predicted octanol–water partition coefficient (Wildman–Crippen LogP) is 0.908. The van der Waals surface area contributed by atoms with Crippen LogP contribution >= 0.6 is 0 Å². The molecule has 1 aromatic carbocycles. The van der Waals surface area contributed by atoms with E-state index in [0.29, 0.717) is 5.56 Å². The minimum absolute atomic E-state index is 0.0801. The molecule has 0 aliphatic heterocycles. The first kappa shape index (κ1) is 9.23. The summed E-state index contributed by atoms with van der Waals surface area (Å²) in [6.07, 6.45) is 0. The second kappa shape index (κ2) is 3.70. The third-order valence-corrected chi connectivity index (χ3v) is 1.67. The molecule has 1 rings (SSSR count). The Morgan fingerprint density at radius 3 is 2.69 bits per heavy atom. The van der Waals surface area contributed by atoms with Crippen molar-refractivity contribution in [2.75, 3.05) is 0 Å². The topological polar surface area (TPSA) is 87.1 Å². The van der Waals surface area contributed by atoms with Crippen molar-refractivity contribution < 1.29 is 9.90 Å². The SMILES string of the molecule is N#CC(N)c1ccccc1C(=O)O. The minimum atomic E-state index is -1.07. The summed E-state index contributed by atoms with van der Waals surface area (Å²) in [6, 6.07) is 7.12. The third kappa shape index (κ3) is 1.83. The van der Waals surface area contributed by atoms with Gasteiger partial charge in [-0.1, -0.05) is 18.2 Å². The van der Waals surface area contributed by atoms with E-state index in [1.165, 1.54) is 12.1 Å². The van der Waals surface area contributed by atoms with Crippen molar-refractivity contribution in [3.05, 3.63) is 35.4 Å². The molecular weight excluding hydrogens is 168 g/mol. The number of aromatic carboxylic acids is 1. The van der Waals surface area contributed by atoms with E-state index in [0.717, 1.165) is 0 Å². The molecule has 66 valence electrons. The van der Waals surface area contributed by atoms with Crippen molar-refractivity contribution in [3.63, 3.8) is 0 Å². The number of carboxylic acids is 1. The molecule has 4 heteroatoms. The predicted molar refractivity (Wildman–Crippen MR) is 45.9 cm³/mol. The lowest BCUT2D eigenvalue weighted by molar-refractivity contribution is 0.0695. The molecule has 0 aliphatic carbocycles. The Bertz CT molecular complexity index is 368. The fourth-order valence-electron chi connectivity index (χ4n) is 1.03. The van der Waals surface area contributed by atoms with Gasteiger partial charge in [-0.25, -0.2) is 4.79 Å². The van der Waals surface area contributed by atoms with Crippen molar-refractivity contribution in [3.8, 4) is 6.07 Å². The van der Waals surface area contributed by atoms with Crippen molar-refractivity contribution in [1.29, 1.82) is 5.26 Å². The molecule has 0 spiro atoms. The molecule has 4 nitrogen and oxygen atoms in total. The standard InChI is InChI=1S/C9H8N2O2/c10-5-8(11)6-3-1-2-4-7(6)9(12)13/h1-4,8H,11H2,(H,12,13). The zero-order valence-corrected chi connectivity index (χ0v) is 6.77. The van der Waals surface area contributed by atoms with Crippen LogP contribution in [-0.2, 0) is 0 Å². The Morgan fingerprint density at radius 2 is 2.15 bits per heavy atom. The molecule has 0 heterocycles. The number of hydrogen-bond acceptors (Lipinski definition) is 3. The van der Waals surface area contributed by atoms with E-state index in [9.17, 15) is 4.79 Å². The summed E-state index contributed by atoms with van der Waals surface area (Å²) in [5.74, 6) is -1.07. The van der Waals surface area contributed by atoms with Crippen molar-refractivity contribution >= 4 is 5.97 Å². The summed E-state index contributed by atoms with van der Waals surface area (Å²) in [7, 11) is 0. The zero-order chi connectivity index (χ0) is 9.84. The molecule has 0 aliphatic rings. The molecule has 1 aromatic rings. The van der Waals surface area contributed by atoms with E-state index < -0.39 is 12.0 Å². The van der Waals surface area contributed by atoms with Crippen LogP contribution in [0.5, 0.6) is 0 Å². The lowest BCUT2D eigenvalue weighted by atomic mass is 10.0. The highest BCUT2D eigenvalue weighted by Crippen LogP contribution is 2.15. The summed E-state index contributed by atoms with van der Waals surface area (Å²) in [5.41, 5.74) is 5.83. The first-order chi connectivity index (χ1) is 6.16. The van der Waals surface area contributed by atoms with Crippen molar-refractivity contribution in [2.45, 2.75) is 6.04 Å². The van der Waals surface area contributed by atoms with Gasteiger partial charge in [0.2, 0.25) is 0 Å². The molecule has 1 unspecified atom stereocenters. The van der Waals surface area contributed by atoms with Crippen LogP contribution in [0.4, 0.5) is 0 Å². The summed E-state index contributed by atoms with van der Waals surface area (Å²) in [4.78, 5) is 10.7. The number of nitriles is 1. The lowest BCUT2D eigenvalue weighted by Gasteiger charge is -2.06. The second-order valence-corrected chi connectivity index (χ2v) is 2.50. The summed E-state index contributed by atoms with van der Waals surface area (Å²) >= 11 is 0. The lowest BCUT2D eigenvalue weighted by Crippen LogP contribution is -2.12. The zero-order valence-electron chi connectivity index (χ0n) is 6.77. The second-order valence-electron chi connectivity index (χ2n) is 2.50. The molecule has 1 atom stereocenters. The quantitative estimate of drug-likeness (QED) is 0.701. The highest BCUT2D eigenvalue weighted by molar-refractivity contribution is 5.89. The van der Waals surface area contributed by atoms with Gasteiger partial charge in [-0.2, -0.15) is 5.26 Å². The van der Waals surface area contributed by atoms with Gasteiger partial charge in [0.05, 0.1) is 11.6 Å². The van der Waals surface area contributed by atoms with E-state index >= 15 is 0 Å². The average Bonchev–Trinajstić information content (AvgIpc) is 2.16. The smallest absolute Gasteiger partial charge is 0.336 e. The van der Waals surface area contributed by atoms with E-state index in [-0.39, 0.29) is 5.56 Å². The van der Waals surface area contributed by atoms with Crippen molar-refractivity contribution in [2.24, 2.45) is 5.73 Å². The van der Waals surface area contributed by atoms with Gasteiger partial charge in [-0.05, 0) is 11.6 Å². The van der Waals surface area contributed by atoms with E-state index in [1.54, 1.807) is 18.2 Å². The molecule has 0 amide bonds. The first-order valence-corrected chi connectivity index (χ1v) is 3.64. The van der Waals surface area contributed by atoms with Crippen molar-refractivity contribution in [1.82, 2.24) is 0 Å². The van der Waals surface area contributed by atoms with Crippen LogP contribution in [0.2, 0.25) is 0 Å². The maximum Gasteiger partial charge on any atom is 0.336 e. The molecule has 0 saturated carbocycles. The van der Waals surface area contributed by atoms with Crippen LogP contribution < -0.4 is 5.73 Å². The Hall–Kier alpha value is -1.86. The molecule has 0 bridgehead atoms. The Balaban J connectivity index is 3.21. The number of nitrogens with zero attached hydrogens (tertiary/aromatic N) is 1. The normalized spacial score (nSPS) is 11.7. The van der Waals surface area contributed by atoms with Gasteiger partial charge in [0, 0.05) is 0 Å². The van der Waals surface area contributed by atoms with Crippen LogP contribution in [-0.4, -0.2) is 11.1 Å². The maximum absolute atomic E-state index is 10.7. The van der Waals surface area contributed by atoms with Gasteiger partial charge in [-0.3, -0.25) is 0 Å². The molecule has 0 radical (unpaired) electrons. The number of benzene rings is 1. The van der Waals surface area contributed by atoms with E-state index in [4.69, 9.17) is 16.1 Å². The fraction of sp³-hybridized carbons (Fsp3) is 0.111. The van der Waals surface area contributed by atoms with Gasteiger partial charge in [0.1, 0.15) is 6.04 Å². The number of hydrogen-bond donors (Lipinski definition) is 2. The van der Waals surface area contributed by atoms with Crippen LogP contribution in [0.15, 0.2) is 24.3 Å². The highest BCUT2D eigenvalue weighted by atomic mass is 16.4. The Labute approximate surface area is 75.2 Å². The third-order valence-electron chi connectivity index (χ3n) is 1.67. The molecular formula is C9H8N2O2. The molecule has 0 aromatic heterocycles. The average molecular weight is 176 g/mol. The molecule has 0 fully saturated rings. The number of rotatable bonds is 2. The number of nitrogens with two attached hydrogens (primary N) is 1. The monoisotopic (exact) mass is 176 g/mol. The van der Waals surface area contributed by atoms with E-state index in [1.807, 2.05) is 0 Å². The maximum atomic E-state index is 10.7. The van der Waals surface area contributed by atoms with E-state index in [2.05, 4.69) is 0 Å². The Kier molecular flexibility index (Phi) is 2.62. The van der Waals surface area contributed by atoms with Crippen LogP contribution in [0.3, 0.4) is 0 Å². The van der Waals surface area contributed by atoms with Gasteiger partial charge in [0.25, 0.3) is 0 Å². The summed E-state index contributed by atoms with van der Waals surface area (Å²) < 4.78 is 0. The summed E-state index contributed by atoms with van der Waals surface area (Å²) in [6.45, 7) is 0. The van der Waals surface area contributed by atoms with Gasteiger partial charge in [0.15, 0.2) is 0 Å². The van der Waals surface area contributed by atoms with Crippen LogP contribution in [0.1, 0.15) is 22.0 Å². The minimum Gasteiger partial charge on any atom is -0.478 e. The Morgan fingerprint density at radius 1 is 1.54 bits per heavy atom. The van der Waals surface area contributed by atoms with Crippen LogP contribution in [0.25, 0.3) is 0 Å². The largest absolute Gasteiger partial charge is 0.478 e. The number of carbonyl (C=O) groups is 1. The first-order valence-electron chi connectivity index (χ1n) is 3.64. The van der Waals surface area contributed by atoms with Crippen LogP contribution in [0, 0.1) is 11.3 Å². The number of carboxylic acid groups (broad SMARTS) is 1. The van der Waals surface area contributed by atoms with Gasteiger partial charge in [-0.15, -0.1) is 0 Å². The fourth-order valence-corrected chi connectivity index (χ4v) is 1.03. The van der Waals surface area contributed by atoms with Gasteiger partial charge < -0.3 is 10.8 Å².